The normalized spacial score (nSPS) is 10.4. The Labute approximate surface area is 168 Å². The molecular formula is C21H22N4O2S. The molecule has 0 aliphatic rings. The fraction of sp³-hybridized carbons (Fsp3) is 0.190. The highest BCUT2D eigenvalue weighted by molar-refractivity contribution is 7.14. The summed E-state index contributed by atoms with van der Waals surface area (Å²) in [5.74, 6) is -0.372. The number of benzene rings is 2. The molecule has 6 nitrogen and oxygen atoms in total. The monoisotopic (exact) mass is 394 g/mol. The van der Waals surface area contributed by atoms with Crippen molar-refractivity contribution in [1.82, 2.24) is 15.7 Å². The lowest BCUT2D eigenvalue weighted by molar-refractivity contribution is 0.0950. The average molecular weight is 395 g/mol. The van der Waals surface area contributed by atoms with Crippen LogP contribution in [-0.2, 0) is 0 Å². The number of nitrogens with one attached hydrogen (secondary N) is 2. The number of carbonyl (C=O) groups is 2. The first-order chi connectivity index (χ1) is 13.6. The molecule has 3 amide bonds. The maximum atomic E-state index is 12.6. The molecule has 0 aliphatic heterocycles. The van der Waals surface area contributed by atoms with Gasteiger partial charge in [-0.3, -0.25) is 10.2 Å². The van der Waals surface area contributed by atoms with Gasteiger partial charge in [0.1, 0.15) is 0 Å². The molecule has 2 N–H and O–H groups in total. The van der Waals surface area contributed by atoms with E-state index in [0.29, 0.717) is 17.2 Å². The van der Waals surface area contributed by atoms with Crippen molar-refractivity contribution in [2.24, 2.45) is 0 Å². The molecule has 0 bridgehead atoms. The molecular weight excluding hydrogens is 372 g/mol. The Bertz CT molecular complexity index is 939. The molecule has 0 spiro atoms. The predicted octanol–water partition coefficient (Wildman–Crippen LogP) is 4.39. The van der Waals surface area contributed by atoms with Gasteiger partial charge in [0.2, 0.25) is 5.13 Å². The van der Waals surface area contributed by atoms with Crippen LogP contribution in [0.2, 0.25) is 0 Å². The summed E-state index contributed by atoms with van der Waals surface area (Å²) in [7, 11) is 0. The second-order valence-corrected chi connectivity index (χ2v) is 7.09. The zero-order valence-electron chi connectivity index (χ0n) is 15.8. The quantitative estimate of drug-likeness (QED) is 0.630. The lowest BCUT2D eigenvalue weighted by Crippen LogP contribution is -2.51. The lowest BCUT2D eigenvalue weighted by atomic mass is 10.1. The first-order valence-electron chi connectivity index (χ1n) is 9.05. The highest BCUT2D eigenvalue weighted by Crippen LogP contribution is 2.26. The number of hydrazine groups is 1. The van der Waals surface area contributed by atoms with E-state index in [9.17, 15) is 9.59 Å². The SMILES string of the molecule is CCCNC(=O)N(NC(=O)c1ccc(C)cc1)c1nc(-c2ccccc2)cs1. The highest BCUT2D eigenvalue weighted by atomic mass is 32.1. The van der Waals surface area contributed by atoms with Gasteiger partial charge in [-0.15, -0.1) is 11.3 Å². The fourth-order valence-electron chi connectivity index (χ4n) is 2.48. The van der Waals surface area contributed by atoms with E-state index in [1.165, 1.54) is 16.3 Å². The largest absolute Gasteiger partial charge is 0.343 e. The van der Waals surface area contributed by atoms with Gasteiger partial charge in [-0.25, -0.2) is 9.78 Å². The lowest BCUT2D eigenvalue weighted by Gasteiger charge is -2.21. The van der Waals surface area contributed by atoms with Crippen LogP contribution in [0.1, 0.15) is 29.3 Å². The van der Waals surface area contributed by atoms with E-state index in [1.54, 1.807) is 12.1 Å². The molecule has 1 aromatic heterocycles. The topological polar surface area (TPSA) is 74.3 Å². The predicted molar refractivity (Wildman–Crippen MR) is 112 cm³/mol. The van der Waals surface area contributed by atoms with Gasteiger partial charge in [0.05, 0.1) is 5.69 Å². The van der Waals surface area contributed by atoms with Gasteiger partial charge in [-0.1, -0.05) is 55.0 Å². The number of nitrogens with zero attached hydrogens (tertiary/aromatic N) is 2. The second-order valence-electron chi connectivity index (χ2n) is 6.26. The molecule has 0 unspecified atom stereocenters. The molecule has 0 radical (unpaired) electrons. The molecule has 2 aromatic carbocycles. The van der Waals surface area contributed by atoms with E-state index in [-0.39, 0.29) is 5.91 Å². The Balaban J connectivity index is 1.85. The summed E-state index contributed by atoms with van der Waals surface area (Å²) in [6, 6.07) is 16.4. The Morgan fingerprint density at radius 1 is 1.07 bits per heavy atom. The van der Waals surface area contributed by atoms with Crippen LogP contribution in [-0.4, -0.2) is 23.5 Å². The summed E-state index contributed by atoms with van der Waals surface area (Å²) in [5, 5.41) is 6.22. The molecule has 3 rings (SSSR count). The van der Waals surface area contributed by atoms with E-state index in [1.807, 2.05) is 61.7 Å². The van der Waals surface area contributed by atoms with Gasteiger partial charge in [-0.2, -0.15) is 5.01 Å². The number of thiazole rings is 1. The molecule has 0 saturated carbocycles. The van der Waals surface area contributed by atoms with Crippen LogP contribution in [0.5, 0.6) is 0 Å². The summed E-state index contributed by atoms with van der Waals surface area (Å²) < 4.78 is 0. The van der Waals surface area contributed by atoms with Crippen LogP contribution in [0.25, 0.3) is 11.3 Å². The molecule has 0 aliphatic carbocycles. The van der Waals surface area contributed by atoms with Crippen LogP contribution < -0.4 is 15.8 Å². The second kappa shape index (κ2) is 9.14. The zero-order valence-corrected chi connectivity index (χ0v) is 16.6. The van der Waals surface area contributed by atoms with Crippen molar-refractivity contribution >= 4 is 28.4 Å². The first kappa shape index (κ1) is 19.6. The van der Waals surface area contributed by atoms with Gasteiger partial charge in [0.15, 0.2) is 0 Å². The smallest absolute Gasteiger partial charge is 0.336 e. The number of aryl methyl sites for hydroxylation is 1. The highest BCUT2D eigenvalue weighted by Gasteiger charge is 2.22. The van der Waals surface area contributed by atoms with Crippen LogP contribution in [0.4, 0.5) is 9.93 Å². The van der Waals surface area contributed by atoms with Gasteiger partial charge in [0, 0.05) is 23.1 Å². The van der Waals surface area contributed by atoms with Crippen LogP contribution >= 0.6 is 11.3 Å². The summed E-state index contributed by atoms with van der Waals surface area (Å²) in [5.41, 5.74) is 5.90. The molecule has 0 fully saturated rings. The summed E-state index contributed by atoms with van der Waals surface area (Å²) in [4.78, 5) is 29.8. The van der Waals surface area contributed by atoms with Crippen molar-refractivity contribution in [3.63, 3.8) is 0 Å². The molecule has 7 heteroatoms. The van der Waals surface area contributed by atoms with Crippen LogP contribution in [0.3, 0.4) is 0 Å². The van der Waals surface area contributed by atoms with Crippen molar-refractivity contribution in [1.29, 1.82) is 0 Å². The maximum absolute atomic E-state index is 12.6. The average Bonchev–Trinajstić information content (AvgIpc) is 3.21. The minimum atomic E-state index is -0.420. The Kier molecular flexibility index (Phi) is 6.39. The number of carbonyl (C=O) groups excluding carboxylic acids is 2. The zero-order chi connectivity index (χ0) is 19.9. The third-order valence-electron chi connectivity index (χ3n) is 4.01. The third kappa shape index (κ3) is 4.75. The van der Waals surface area contributed by atoms with E-state index >= 15 is 0 Å². The van der Waals surface area contributed by atoms with Crippen LogP contribution in [0, 0.1) is 6.92 Å². The van der Waals surface area contributed by atoms with E-state index < -0.39 is 6.03 Å². The minimum absolute atomic E-state index is 0.372. The van der Waals surface area contributed by atoms with Crippen LogP contribution in [0.15, 0.2) is 60.0 Å². The standard InChI is InChI=1S/C21H22N4O2S/c1-3-13-22-20(27)25(24-19(26)17-11-9-15(2)10-12-17)21-23-18(14-28-21)16-7-5-4-6-8-16/h4-12,14H,3,13H2,1-2H3,(H,22,27)(H,24,26). The summed E-state index contributed by atoms with van der Waals surface area (Å²) in [6.07, 6.45) is 0.790. The molecule has 28 heavy (non-hydrogen) atoms. The van der Waals surface area contributed by atoms with Crippen molar-refractivity contribution in [3.05, 3.63) is 71.1 Å². The van der Waals surface area contributed by atoms with Crippen molar-refractivity contribution < 1.29 is 9.59 Å². The molecule has 144 valence electrons. The van der Waals surface area contributed by atoms with E-state index in [4.69, 9.17) is 0 Å². The Morgan fingerprint density at radius 2 is 1.79 bits per heavy atom. The van der Waals surface area contributed by atoms with Gasteiger partial charge in [-0.05, 0) is 25.5 Å². The van der Waals surface area contributed by atoms with Crippen molar-refractivity contribution in [3.8, 4) is 11.3 Å². The first-order valence-corrected chi connectivity index (χ1v) is 9.93. The number of urea groups is 1. The molecule has 0 atom stereocenters. The molecule has 0 saturated heterocycles. The van der Waals surface area contributed by atoms with E-state index in [2.05, 4.69) is 15.7 Å². The minimum Gasteiger partial charge on any atom is -0.336 e. The number of aromatic nitrogens is 1. The number of hydrogen-bond acceptors (Lipinski definition) is 4. The maximum Gasteiger partial charge on any atom is 0.343 e. The van der Waals surface area contributed by atoms with Crippen molar-refractivity contribution in [2.45, 2.75) is 20.3 Å². The summed E-state index contributed by atoms with van der Waals surface area (Å²) >= 11 is 1.29. The Hall–Kier alpha value is -3.19. The van der Waals surface area contributed by atoms with Crippen molar-refractivity contribution in [2.75, 3.05) is 11.6 Å². The number of rotatable bonds is 5. The number of anilines is 1. The van der Waals surface area contributed by atoms with Gasteiger partial charge in [0.25, 0.3) is 5.91 Å². The molecule has 1 heterocycles. The number of amides is 3. The molecule has 3 aromatic rings. The number of hydrogen-bond donors (Lipinski definition) is 2. The summed E-state index contributed by atoms with van der Waals surface area (Å²) in [6.45, 7) is 4.42. The Morgan fingerprint density at radius 3 is 2.46 bits per heavy atom. The van der Waals surface area contributed by atoms with E-state index in [0.717, 1.165) is 23.2 Å². The van der Waals surface area contributed by atoms with Gasteiger partial charge >= 0.3 is 6.03 Å². The van der Waals surface area contributed by atoms with Gasteiger partial charge < -0.3 is 5.32 Å². The fourth-order valence-corrected chi connectivity index (χ4v) is 3.27. The third-order valence-corrected chi connectivity index (χ3v) is 4.84.